The molecule has 0 rings (SSSR count). The van der Waals surface area contributed by atoms with Crippen molar-refractivity contribution in [3.05, 3.63) is 0 Å². The second-order valence-electron chi connectivity index (χ2n) is 10.8. The maximum Gasteiger partial charge on any atom is 0.119 e. The Labute approximate surface area is 204 Å². The van der Waals surface area contributed by atoms with Crippen LogP contribution in [0.4, 0.5) is 0 Å². The van der Waals surface area contributed by atoms with Gasteiger partial charge in [0.1, 0.15) is 6.29 Å². The zero-order valence-corrected chi connectivity index (χ0v) is 22.7. The fourth-order valence-electron chi connectivity index (χ4n) is 4.97. The van der Waals surface area contributed by atoms with Crippen LogP contribution in [-0.2, 0) is 4.79 Å². The van der Waals surface area contributed by atoms with Gasteiger partial charge in [-0.15, -0.1) is 0 Å². The van der Waals surface area contributed by atoms with E-state index >= 15 is 0 Å². The Bertz CT molecular complexity index is 337. The predicted octanol–water partition coefficient (Wildman–Crippen LogP) is 11.4. The van der Waals surface area contributed by atoms with E-state index in [2.05, 4.69) is 13.8 Å². The molecule has 0 aliphatic carbocycles. The normalized spacial score (nSPS) is 12.3. The van der Waals surface area contributed by atoms with Gasteiger partial charge in [-0.1, -0.05) is 174 Å². The van der Waals surface area contributed by atoms with Crippen molar-refractivity contribution in [2.24, 2.45) is 5.92 Å². The molecular weight excluding hydrogens is 388 g/mol. The molecule has 0 bridgehead atoms. The van der Waals surface area contributed by atoms with Crippen LogP contribution in [0.1, 0.15) is 187 Å². The molecule has 0 aromatic rings. The van der Waals surface area contributed by atoms with Crippen LogP contribution in [0.3, 0.4) is 0 Å². The van der Waals surface area contributed by atoms with Crippen LogP contribution in [0.25, 0.3) is 0 Å². The van der Waals surface area contributed by atoms with E-state index in [4.69, 9.17) is 0 Å². The van der Waals surface area contributed by atoms with Gasteiger partial charge in [0.25, 0.3) is 0 Å². The Kier molecular flexibility index (Phi) is 28.4. The first-order chi connectivity index (χ1) is 15.8. The molecule has 0 radical (unpaired) electrons. The van der Waals surface area contributed by atoms with Crippen LogP contribution in [0, 0.1) is 5.92 Å². The zero-order valence-electron chi connectivity index (χ0n) is 22.7. The van der Waals surface area contributed by atoms with Gasteiger partial charge < -0.3 is 4.79 Å². The number of carbonyl (C=O) groups is 1. The number of rotatable bonds is 28. The smallest absolute Gasteiger partial charge is 0.119 e. The van der Waals surface area contributed by atoms with Gasteiger partial charge in [0.05, 0.1) is 0 Å². The summed E-state index contributed by atoms with van der Waals surface area (Å²) >= 11 is 0. The van der Waals surface area contributed by atoms with Gasteiger partial charge in [-0.25, -0.2) is 0 Å². The third-order valence-electron chi connectivity index (χ3n) is 7.32. The van der Waals surface area contributed by atoms with Gasteiger partial charge in [-0.3, -0.25) is 0 Å². The average molecular weight is 451 g/mol. The van der Waals surface area contributed by atoms with Crippen molar-refractivity contribution >= 4 is 6.29 Å². The molecule has 0 saturated carbocycles. The molecule has 1 heteroatoms. The lowest BCUT2D eigenvalue weighted by atomic mass is 9.95. The lowest BCUT2D eigenvalue weighted by Gasteiger charge is -2.11. The van der Waals surface area contributed by atoms with E-state index in [9.17, 15) is 4.79 Å². The number of carbonyl (C=O) groups excluding carboxylic acids is 1. The van der Waals surface area contributed by atoms with Crippen LogP contribution >= 0.6 is 0 Å². The standard InChI is InChI=1S/C31H62O/c1-3-4-5-6-7-8-9-10-11-12-13-14-16-19-22-25-28-31(2)29-26-23-20-17-15-18-21-24-27-30-32/h30-31H,3-29H2,1-2H3. The molecule has 32 heavy (non-hydrogen) atoms. The van der Waals surface area contributed by atoms with E-state index in [1.54, 1.807) is 0 Å². The zero-order chi connectivity index (χ0) is 23.4. The van der Waals surface area contributed by atoms with Crippen LogP contribution in [-0.4, -0.2) is 6.29 Å². The minimum atomic E-state index is 0.761. The molecule has 0 spiro atoms. The molecule has 1 atom stereocenters. The van der Waals surface area contributed by atoms with Crippen LogP contribution in [0.15, 0.2) is 0 Å². The summed E-state index contributed by atoms with van der Waals surface area (Å²) in [5.41, 5.74) is 0. The maximum absolute atomic E-state index is 10.3. The summed E-state index contributed by atoms with van der Waals surface area (Å²) in [5, 5.41) is 0. The summed E-state index contributed by atoms with van der Waals surface area (Å²) in [6.45, 7) is 4.77. The van der Waals surface area contributed by atoms with Crippen molar-refractivity contribution in [1.82, 2.24) is 0 Å². The highest BCUT2D eigenvalue weighted by Gasteiger charge is 2.02. The first-order valence-electron chi connectivity index (χ1n) is 15.2. The second-order valence-corrected chi connectivity index (χ2v) is 10.8. The van der Waals surface area contributed by atoms with Crippen molar-refractivity contribution in [1.29, 1.82) is 0 Å². The van der Waals surface area contributed by atoms with Crippen molar-refractivity contribution in [2.75, 3.05) is 0 Å². The molecule has 0 N–H and O–H groups in total. The first-order valence-corrected chi connectivity index (χ1v) is 15.2. The molecule has 1 unspecified atom stereocenters. The molecule has 0 heterocycles. The number of unbranched alkanes of at least 4 members (excludes halogenated alkanes) is 23. The predicted molar refractivity (Wildman–Crippen MR) is 146 cm³/mol. The lowest BCUT2D eigenvalue weighted by Crippen LogP contribution is -1.95. The van der Waals surface area contributed by atoms with E-state index in [1.165, 1.54) is 161 Å². The third kappa shape index (κ3) is 27.7. The van der Waals surface area contributed by atoms with Crippen molar-refractivity contribution in [3.8, 4) is 0 Å². The highest BCUT2D eigenvalue weighted by Crippen LogP contribution is 2.19. The average Bonchev–Trinajstić information content (AvgIpc) is 2.80. The summed E-state index contributed by atoms with van der Waals surface area (Å²) in [6.07, 6.45) is 38.9. The molecule has 0 aromatic carbocycles. The van der Waals surface area contributed by atoms with Gasteiger partial charge in [0.15, 0.2) is 0 Å². The molecular formula is C31H62O. The van der Waals surface area contributed by atoms with Crippen LogP contribution < -0.4 is 0 Å². The maximum atomic E-state index is 10.3. The summed E-state index contributed by atoms with van der Waals surface area (Å²) in [7, 11) is 0. The topological polar surface area (TPSA) is 17.1 Å². The summed E-state index contributed by atoms with van der Waals surface area (Å²) in [4.78, 5) is 10.3. The number of aldehydes is 1. The Hall–Kier alpha value is -0.330. The minimum Gasteiger partial charge on any atom is -0.303 e. The van der Waals surface area contributed by atoms with Gasteiger partial charge in [0, 0.05) is 6.42 Å². The van der Waals surface area contributed by atoms with Crippen molar-refractivity contribution < 1.29 is 4.79 Å². The van der Waals surface area contributed by atoms with Crippen LogP contribution in [0.2, 0.25) is 0 Å². The van der Waals surface area contributed by atoms with Crippen molar-refractivity contribution in [3.63, 3.8) is 0 Å². The lowest BCUT2D eigenvalue weighted by molar-refractivity contribution is -0.107. The monoisotopic (exact) mass is 450 g/mol. The fourth-order valence-corrected chi connectivity index (χ4v) is 4.97. The SMILES string of the molecule is CCCCCCCCCCCCCCCCCCC(C)CCCCCCCCCCC=O. The van der Waals surface area contributed by atoms with Gasteiger partial charge in [0.2, 0.25) is 0 Å². The highest BCUT2D eigenvalue weighted by molar-refractivity contribution is 5.48. The fraction of sp³-hybridized carbons (Fsp3) is 0.968. The second kappa shape index (κ2) is 28.7. The van der Waals surface area contributed by atoms with E-state index in [0.717, 1.165) is 25.0 Å². The molecule has 1 nitrogen and oxygen atoms in total. The van der Waals surface area contributed by atoms with E-state index in [1.807, 2.05) is 0 Å². The molecule has 0 aliphatic rings. The van der Waals surface area contributed by atoms with Gasteiger partial charge in [-0.05, 0) is 12.3 Å². The summed E-state index contributed by atoms with van der Waals surface area (Å²) < 4.78 is 0. The quantitative estimate of drug-likeness (QED) is 0.0855. The highest BCUT2D eigenvalue weighted by atomic mass is 16.1. The largest absolute Gasteiger partial charge is 0.303 e. The molecule has 0 aromatic heterocycles. The molecule has 0 aliphatic heterocycles. The molecule has 192 valence electrons. The summed E-state index contributed by atoms with van der Waals surface area (Å²) in [5.74, 6) is 0.935. The van der Waals surface area contributed by atoms with E-state index in [-0.39, 0.29) is 0 Å². The van der Waals surface area contributed by atoms with E-state index in [0.29, 0.717) is 0 Å². The van der Waals surface area contributed by atoms with Crippen molar-refractivity contribution in [2.45, 2.75) is 187 Å². The molecule has 0 saturated heterocycles. The Morgan fingerprint density at radius 1 is 0.438 bits per heavy atom. The number of hydrogen-bond donors (Lipinski definition) is 0. The first kappa shape index (κ1) is 31.7. The van der Waals surface area contributed by atoms with Gasteiger partial charge >= 0.3 is 0 Å². The van der Waals surface area contributed by atoms with E-state index < -0.39 is 0 Å². The molecule has 0 fully saturated rings. The molecule has 0 amide bonds. The van der Waals surface area contributed by atoms with Gasteiger partial charge in [-0.2, -0.15) is 0 Å². The third-order valence-corrected chi connectivity index (χ3v) is 7.32. The van der Waals surface area contributed by atoms with Crippen LogP contribution in [0.5, 0.6) is 0 Å². The Balaban J connectivity index is 3.13. The Morgan fingerprint density at radius 3 is 1.03 bits per heavy atom. The summed E-state index contributed by atoms with van der Waals surface area (Å²) in [6, 6.07) is 0. The minimum absolute atomic E-state index is 0.761. The number of hydrogen-bond acceptors (Lipinski definition) is 1. The Morgan fingerprint density at radius 2 is 0.719 bits per heavy atom.